The number of rotatable bonds is 1. The first-order chi connectivity index (χ1) is 7.00. The molecule has 0 spiro atoms. The third-order valence-electron chi connectivity index (χ3n) is 2.47. The molecular weight excluding hydrogens is 200 g/mol. The van der Waals surface area contributed by atoms with Crippen LogP contribution in [0.4, 0.5) is 5.69 Å². The summed E-state index contributed by atoms with van der Waals surface area (Å²) >= 11 is 0. The zero-order valence-corrected chi connectivity index (χ0v) is 8.86. The Morgan fingerprint density at radius 2 is 1.94 bits per heavy atom. The number of anilines is 1. The summed E-state index contributed by atoms with van der Waals surface area (Å²) < 4.78 is 0. The molecule has 3 heteroatoms. The second-order valence-corrected chi connectivity index (χ2v) is 4.19. The van der Waals surface area contributed by atoms with Crippen LogP contribution in [0, 0.1) is 0 Å². The average Bonchev–Trinajstić information content (AvgIpc) is 2.16. The monoisotopic (exact) mass is 218 g/mol. The Balaban J connectivity index is 0.00000128. The lowest BCUT2D eigenvalue weighted by Gasteiger charge is -2.20. The SMILES string of the molecule is C.CC(C)(O)c1cccc2cncc(N)c12. The zero-order valence-electron chi connectivity index (χ0n) is 8.86. The van der Waals surface area contributed by atoms with Crippen LogP contribution in [0.5, 0.6) is 0 Å². The van der Waals surface area contributed by atoms with Crippen LogP contribution in [0.3, 0.4) is 0 Å². The van der Waals surface area contributed by atoms with Crippen molar-refractivity contribution in [2.75, 3.05) is 5.73 Å². The van der Waals surface area contributed by atoms with Crippen LogP contribution in [0.2, 0.25) is 0 Å². The molecule has 0 aliphatic heterocycles. The van der Waals surface area contributed by atoms with Gasteiger partial charge in [-0.15, -0.1) is 0 Å². The van der Waals surface area contributed by atoms with Gasteiger partial charge in [0.2, 0.25) is 0 Å². The maximum atomic E-state index is 10.0. The highest BCUT2D eigenvalue weighted by Crippen LogP contribution is 2.31. The minimum Gasteiger partial charge on any atom is -0.397 e. The minimum atomic E-state index is -0.894. The summed E-state index contributed by atoms with van der Waals surface area (Å²) in [7, 11) is 0. The van der Waals surface area contributed by atoms with Crippen LogP contribution in [0.25, 0.3) is 10.8 Å². The molecule has 2 rings (SSSR count). The topological polar surface area (TPSA) is 59.1 Å². The summed E-state index contributed by atoms with van der Waals surface area (Å²) in [5, 5.41) is 11.9. The van der Waals surface area contributed by atoms with E-state index >= 15 is 0 Å². The lowest BCUT2D eigenvalue weighted by atomic mass is 9.93. The summed E-state index contributed by atoms with van der Waals surface area (Å²) in [6.45, 7) is 3.50. The second-order valence-electron chi connectivity index (χ2n) is 4.19. The van der Waals surface area contributed by atoms with Crippen LogP contribution in [-0.4, -0.2) is 10.1 Å². The Hall–Kier alpha value is -1.61. The molecule has 0 radical (unpaired) electrons. The van der Waals surface area contributed by atoms with E-state index in [0.717, 1.165) is 16.3 Å². The Bertz CT molecular complexity index is 495. The molecule has 2 aromatic rings. The van der Waals surface area contributed by atoms with Gasteiger partial charge in [0.05, 0.1) is 17.5 Å². The van der Waals surface area contributed by atoms with E-state index in [-0.39, 0.29) is 7.43 Å². The molecule has 0 saturated heterocycles. The highest BCUT2D eigenvalue weighted by atomic mass is 16.3. The predicted molar refractivity (Wildman–Crippen MR) is 68.1 cm³/mol. The maximum Gasteiger partial charge on any atom is 0.0847 e. The molecule has 1 aromatic carbocycles. The quantitative estimate of drug-likeness (QED) is 0.773. The molecule has 0 amide bonds. The van der Waals surface area contributed by atoms with Crippen LogP contribution < -0.4 is 5.73 Å². The fraction of sp³-hybridized carbons (Fsp3) is 0.308. The molecule has 1 aromatic heterocycles. The van der Waals surface area contributed by atoms with Gasteiger partial charge >= 0.3 is 0 Å². The Labute approximate surface area is 95.9 Å². The van der Waals surface area contributed by atoms with E-state index in [1.54, 1.807) is 26.2 Å². The van der Waals surface area contributed by atoms with Crippen LogP contribution in [0.15, 0.2) is 30.6 Å². The van der Waals surface area contributed by atoms with Crippen molar-refractivity contribution in [3.05, 3.63) is 36.2 Å². The summed E-state index contributed by atoms with van der Waals surface area (Å²) in [5.74, 6) is 0. The number of aromatic nitrogens is 1. The lowest BCUT2D eigenvalue weighted by molar-refractivity contribution is 0.0802. The van der Waals surface area contributed by atoms with Crippen molar-refractivity contribution in [3.63, 3.8) is 0 Å². The number of hydrogen-bond donors (Lipinski definition) is 2. The number of aliphatic hydroxyl groups is 1. The van der Waals surface area contributed by atoms with Gasteiger partial charge in [-0.25, -0.2) is 0 Å². The van der Waals surface area contributed by atoms with E-state index < -0.39 is 5.60 Å². The Morgan fingerprint density at radius 1 is 1.25 bits per heavy atom. The first-order valence-electron chi connectivity index (χ1n) is 4.85. The molecule has 0 atom stereocenters. The van der Waals surface area contributed by atoms with Gasteiger partial charge in [-0.1, -0.05) is 25.6 Å². The molecule has 0 saturated carbocycles. The number of nitrogens with two attached hydrogens (primary N) is 1. The van der Waals surface area contributed by atoms with Crippen molar-refractivity contribution < 1.29 is 5.11 Å². The molecule has 0 unspecified atom stereocenters. The molecule has 0 bridgehead atoms. The van der Waals surface area contributed by atoms with Crippen LogP contribution >= 0.6 is 0 Å². The Morgan fingerprint density at radius 3 is 2.56 bits per heavy atom. The molecule has 16 heavy (non-hydrogen) atoms. The van der Waals surface area contributed by atoms with Crippen molar-refractivity contribution in [1.82, 2.24) is 4.98 Å². The number of nitrogens with zero attached hydrogens (tertiary/aromatic N) is 1. The standard InChI is InChI=1S/C12H14N2O.CH4/c1-12(2,15)9-5-3-4-8-6-14-7-10(13)11(8)9;/h3-7,15H,13H2,1-2H3;1H4. The van der Waals surface area contributed by atoms with Crippen molar-refractivity contribution in [2.45, 2.75) is 26.9 Å². The predicted octanol–water partition coefficient (Wildman–Crippen LogP) is 2.68. The van der Waals surface area contributed by atoms with E-state index in [2.05, 4.69) is 4.98 Å². The van der Waals surface area contributed by atoms with Gasteiger partial charge in [0.25, 0.3) is 0 Å². The number of benzene rings is 1. The van der Waals surface area contributed by atoms with Gasteiger partial charge in [0, 0.05) is 17.0 Å². The van der Waals surface area contributed by atoms with E-state index in [0.29, 0.717) is 5.69 Å². The first-order valence-corrected chi connectivity index (χ1v) is 4.85. The highest BCUT2D eigenvalue weighted by molar-refractivity contribution is 5.95. The third kappa shape index (κ3) is 1.99. The molecule has 3 nitrogen and oxygen atoms in total. The van der Waals surface area contributed by atoms with Crippen molar-refractivity contribution in [1.29, 1.82) is 0 Å². The molecule has 86 valence electrons. The van der Waals surface area contributed by atoms with Gasteiger partial charge in [-0.2, -0.15) is 0 Å². The summed E-state index contributed by atoms with van der Waals surface area (Å²) in [4.78, 5) is 4.03. The van der Waals surface area contributed by atoms with E-state index in [9.17, 15) is 5.11 Å². The molecule has 0 aliphatic rings. The van der Waals surface area contributed by atoms with E-state index in [1.807, 2.05) is 18.2 Å². The van der Waals surface area contributed by atoms with Gasteiger partial charge < -0.3 is 10.8 Å². The van der Waals surface area contributed by atoms with Crippen LogP contribution in [-0.2, 0) is 5.60 Å². The zero-order chi connectivity index (χ0) is 11.1. The van der Waals surface area contributed by atoms with E-state index in [1.165, 1.54) is 0 Å². The molecule has 0 fully saturated rings. The van der Waals surface area contributed by atoms with Gasteiger partial charge in [-0.3, -0.25) is 4.98 Å². The first kappa shape index (κ1) is 12.5. The van der Waals surface area contributed by atoms with Gasteiger partial charge in [0.1, 0.15) is 0 Å². The second kappa shape index (κ2) is 4.10. The van der Waals surface area contributed by atoms with Gasteiger partial charge in [-0.05, 0) is 19.4 Å². The molecule has 1 heterocycles. The third-order valence-corrected chi connectivity index (χ3v) is 2.47. The number of nitrogen functional groups attached to an aromatic ring is 1. The molecule has 3 N–H and O–H groups in total. The smallest absolute Gasteiger partial charge is 0.0847 e. The number of fused-ring (bicyclic) bond motifs is 1. The minimum absolute atomic E-state index is 0. The summed E-state index contributed by atoms with van der Waals surface area (Å²) in [5.41, 5.74) is 6.42. The van der Waals surface area contributed by atoms with E-state index in [4.69, 9.17) is 5.73 Å². The van der Waals surface area contributed by atoms with Crippen molar-refractivity contribution in [3.8, 4) is 0 Å². The fourth-order valence-electron chi connectivity index (χ4n) is 1.77. The lowest BCUT2D eigenvalue weighted by Crippen LogP contribution is -2.16. The maximum absolute atomic E-state index is 10.0. The Kier molecular flexibility index (Phi) is 3.19. The number of hydrogen-bond acceptors (Lipinski definition) is 3. The normalized spacial score (nSPS) is 11.2. The largest absolute Gasteiger partial charge is 0.397 e. The van der Waals surface area contributed by atoms with Crippen LogP contribution in [0.1, 0.15) is 26.8 Å². The average molecular weight is 218 g/mol. The highest BCUT2D eigenvalue weighted by Gasteiger charge is 2.19. The summed E-state index contributed by atoms with van der Waals surface area (Å²) in [6.07, 6.45) is 3.36. The number of pyridine rings is 1. The van der Waals surface area contributed by atoms with Crippen molar-refractivity contribution >= 4 is 16.5 Å². The summed E-state index contributed by atoms with van der Waals surface area (Å²) in [6, 6.07) is 5.73. The molecule has 0 aliphatic carbocycles. The molecular formula is C13H18N2O. The van der Waals surface area contributed by atoms with Gasteiger partial charge in [0.15, 0.2) is 0 Å². The van der Waals surface area contributed by atoms with Crippen molar-refractivity contribution in [2.24, 2.45) is 0 Å². The fourth-order valence-corrected chi connectivity index (χ4v) is 1.77.